The van der Waals surface area contributed by atoms with Crippen molar-refractivity contribution in [2.75, 3.05) is 13.1 Å². The van der Waals surface area contributed by atoms with Crippen LogP contribution in [0.15, 0.2) is 0 Å². The van der Waals surface area contributed by atoms with Crippen molar-refractivity contribution in [3.05, 3.63) is 0 Å². The number of nitrogens with two attached hydrogens (primary N) is 1. The molecule has 0 aliphatic carbocycles. The fourth-order valence-corrected chi connectivity index (χ4v) is 1.68. The Kier molecular flexibility index (Phi) is 5.00. The summed E-state index contributed by atoms with van der Waals surface area (Å²) in [6.07, 6.45) is 0. The quantitative estimate of drug-likeness (QED) is 0.726. The first kappa shape index (κ1) is 14.6. The molecule has 0 saturated heterocycles. The van der Waals surface area contributed by atoms with Crippen LogP contribution in [0.2, 0.25) is 0 Å². The van der Waals surface area contributed by atoms with Gasteiger partial charge in [0.1, 0.15) is 0 Å². The van der Waals surface area contributed by atoms with Crippen LogP contribution in [0.25, 0.3) is 0 Å². The lowest BCUT2D eigenvalue weighted by Gasteiger charge is -2.37. The number of rotatable bonds is 3. The SMILES string of the molecule is CC(C)(C)NCCN(C(N)=S)C(C)(C)C. The summed E-state index contributed by atoms with van der Waals surface area (Å²) in [4.78, 5) is 2.04. The molecule has 3 N–H and O–H groups in total. The van der Waals surface area contributed by atoms with E-state index in [9.17, 15) is 0 Å². The average Bonchev–Trinajstić information content (AvgIpc) is 1.92. The van der Waals surface area contributed by atoms with Gasteiger partial charge in [-0.25, -0.2) is 0 Å². The smallest absolute Gasteiger partial charge is 0.166 e. The highest BCUT2D eigenvalue weighted by Crippen LogP contribution is 2.12. The second-order valence-corrected chi connectivity index (χ2v) is 6.26. The lowest BCUT2D eigenvalue weighted by Crippen LogP contribution is -2.52. The molecule has 0 rings (SSSR count). The first-order valence-electron chi connectivity index (χ1n) is 5.36. The van der Waals surface area contributed by atoms with Gasteiger partial charge in [0.25, 0.3) is 0 Å². The van der Waals surface area contributed by atoms with E-state index in [0.717, 1.165) is 13.1 Å². The Labute approximate surface area is 99.4 Å². The fraction of sp³-hybridized carbons (Fsp3) is 0.909. The number of hydrogen-bond acceptors (Lipinski definition) is 2. The van der Waals surface area contributed by atoms with Crippen LogP contribution < -0.4 is 11.1 Å². The molecular weight excluding hydrogens is 206 g/mol. The Morgan fingerprint density at radius 1 is 1.20 bits per heavy atom. The van der Waals surface area contributed by atoms with E-state index in [-0.39, 0.29) is 11.1 Å². The van der Waals surface area contributed by atoms with E-state index in [1.165, 1.54) is 0 Å². The van der Waals surface area contributed by atoms with E-state index in [1.807, 2.05) is 4.90 Å². The predicted molar refractivity (Wildman–Crippen MR) is 71.0 cm³/mol. The van der Waals surface area contributed by atoms with Crippen molar-refractivity contribution in [2.45, 2.75) is 52.6 Å². The van der Waals surface area contributed by atoms with Crippen LogP contribution in [-0.4, -0.2) is 34.2 Å². The van der Waals surface area contributed by atoms with Crippen LogP contribution in [0.3, 0.4) is 0 Å². The Balaban J connectivity index is 4.17. The molecule has 15 heavy (non-hydrogen) atoms. The largest absolute Gasteiger partial charge is 0.376 e. The monoisotopic (exact) mass is 231 g/mol. The maximum Gasteiger partial charge on any atom is 0.166 e. The molecule has 0 atom stereocenters. The van der Waals surface area contributed by atoms with Crippen molar-refractivity contribution in [2.24, 2.45) is 5.73 Å². The Hall–Kier alpha value is -0.350. The van der Waals surface area contributed by atoms with E-state index < -0.39 is 0 Å². The Morgan fingerprint density at radius 3 is 1.93 bits per heavy atom. The minimum absolute atomic E-state index is 0.00853. The molecule has 3 nitrogen and oxygen atoms in total. The summed E-state index contributed by atoms with van der Waals surface area (Å²) in [6, 6.07) is 0. The van der Waals surface area contributed by atoms with Crippen LogP contribution in [-0.2, 0) is 0 Å². The van der Waals surface area contributed by atoms with E-state index in [4.69, 9.17) is 18.0 Å². The summed E-state index contributed by atoms with van der Waals surface area (Å²) < 4.78 is 0. The molecule has 90 valence electrons. The summed E-state index contributed by atoms with van der Waals surface area (Å²) in [5, 5.41) is 3.89. The van der Waals surface area contributed by atoms with Gasteiger partial charge in [0, 0.05) is 24.2 Å². The van der Waals surface area contributed by atoms with Gasteiger partial charge < -0.3 is 16.0 Å². The second kappa shape index (κ2) is 5.12. The van der Waals surface area contributed by atoms with Crippen LogP contribution in [0.1, 0.15) is 41.5 Å². The standard InChI is InChI=1S/C11H25N3S/c1-10(2,3)13-7-8-14(9(12)15)11(4,5)6/h13H,7-8H2,1-6H3,(H2,12,15). The van der Waals surface area contributed by atoms with Crippen molar-refractivity contribution in [3.63, 3.8) is 0 Å². The van der Waals surface area contributed by atoms with Gasteiger partial charge in [0.15, 0.2) is 5.11 Å². The maximum absolute atomic E-state index is 5.70. The first-order valence-corrected chi connectivity index (χ1v) is 5.77. The number of thiocarbonyl (C=S) groups is 1. The number of nitrogens with zero attached hydrogens (tertiary/aromatic N) is 1. The van der Waals surface area contributed by atoms with Crippen molar-refractivity contribution in [3.8, 4) is 0 Å². The molecule has 0 aliphatic rings. The van der Waals surface area contributed by atoms with Crippen LogP contribution in [0.4, 0.5) is 0 Å². The van der Waals surface area contributed by atoms with Crippen LogP contribution >= 0.6 is 12.2 Å². The van der Waals surface area contributed by atoms with Gasteiger partial charge in [0.05, 0.1) is 0 Å². The molecule has 0 heterocycles. The van der Waals surface area contributed by atoms with E-state index in [0.29, 0.717) is 5.11 Å². The van der Waals surface area contributed by atoms with Gasteiger partial charge in [-0.1, -0.05) is 0 Å². The number of hydrogen-bond donors (Lipinski definition) is 2. The molecule has 4 heteroatoms. The van der Waals surface area contributed by atoms with Gasteiger partial charge in [-0.15, -0.1) is 0 Å². The van der Waals surface area contributed by atoms with Crippen molar-refractivity contribution in [1.29, 1.82) is 0 Å². The zero-order chi connectivity index (χ0) is 12.3. The lowest BCUT2D eigenvalue weighted by molar-refractivity contribution is 0.231. The van der Waals surface area contributed by atoms with Gasteiger partial charge in [0.2, 0.25) is 0 Å². The van der Waals surface area contributed by atoms with Gasteiger partial charge >= 0.3 is 0 Å². The third-order valence-electron chi connectivity index (χ3n) is 2.07. The molecule has 0 aliphatic heterocycles. The number of nitrogens with one attached hydrogen (secondary N) is 1. The molecule has 0 saturated carbocycles. The summed E-state index contributed by atoms with van der Waals surface area (Å²) >= 11 is 5.05. The van der Waals surface area contributed by atoms with Crippen LogP contribution in [0, 0.1) is 0 Å². The Bertz CT molecular complexity index is 213. The molecule has 0 aromatic rings. The van der Waals surface area contributed by atoms with E-state index >= 15 is 0 Å². The highest BCUT2D eigenvalue weighted by molar-refractivity contribution is 7.80. The lowest BCUT2D eigenvalue weighted by atomic mass is 10.1. The third-order valence-corrected chi connectivity index (χ3v) is 2.29. The summed E-state index contributed by atoms with van der Waals surface area (Å²) in [7, 11) is 0. The van der Waals surface area contributed by atoms with Gasteiger partial charge in [-0.05, 0) is 53.8 Å². The zero-order valence-electron chi connectivity index (χ0n) is 10.8. The topological polar surface area (TPSA) is 41.3 Å². The third kappa shape index (κ3) is 6.68. The normalized spacial score (nSPS) is 12.7. The summed E-state index contributed by atoms with van der Waals surface area (Å²) in [5.74, 6) is 0. The second-order valence-electron chi connectivity index (χ2n) is 5.84. The molecule has 0 aromatic carbocycles. The van der Waals surface area contributed by atoms with Crippen molar-refractivity contribution in [1.82, 2.24) is 10.2 Å². The molecule has 0 unspecified atom stereocenters. The minimum Gasteiger partial charge on any atom is -0.376 e. The van der Waals surface area contributed by atoms with Gasteiger partial charge in [-0.3, -0.25) is 0 Å². The molecule has 0 bridgehead atoms. The molecule has 0 aromatic heterocycles. The van der Waals surface area contributed by atoms with Crippen molar-refractivity contribution >= 4 is 17.3 Å². The molecular formula is C11H25N3S. The highest BCUT2D eigenvalue weighted by Gasteiger charge is 2.22. The zero-order valence-corrected chi connectivity index (χ0v) is 11.7. The van der Waals surface area contributed by atoms with Crippen molar-refractivity contribution < 1.29 is 0 Å². The molecule has 0 amide bonds. The summed E-state index contributed by atoms with van der Waals surface area (Å²) in [6.45, 7) is 14.5. The predicted octanol–water partition coefficient (Wildman–Crippen LogP) is 1.72. The van der Waals surface area contributed by atoms with E-state index in [1.54, 1.807) is 0 Å². The molecule has 0 spiro atoms. The first-order chi connectivity index (χ1) is 6.54. The van der Waals surface area contributed by atoms with E-state index in [2.05, 4.69) is 46.9 Å². The average molecular weight is 231 g/mol. The Morgan fingerprint density at radius 2 is 1.67 bits per heavy atom. The molecule has 0 fully saturated rings. The molecule has 0 radical (unpaired) electrons. The fourth-order valence-electron chi connectivity index (χ4n) is 1.32. The summed E-state index contributed by atoms with van der Waals surface area (Å²) in [5.41, 5.74) is 5.83. The van der Waals surface area contributed by atoms with Gasteiger partial charge in [-0.2, -0.15) is 0 Å². The van der Waals surface area contributed by atoms with Crippen LogP contribution in [0.5, 0.6) is 0 Å². The maximum atomic E-state index is 5.70. The minimum atomic E-state index is -0.00853. The highest BCUT2D eigenvalue weighted by atomic mass is 32.1.